The summed E-state index contributed by atoms with van der Waals surface area (Å²) in [5, 5.41) is 3.56. The number of hydrogen-bond donors (Lipinski definition) is 1. The predicted molar refractivity (Wildman–Crippen MR) is 175 cm³/mol. The smallest absolute Gasteiger partial charge is 0.251 e. The number of benzene rings is 3. The van der Waals surface area contributed by atoms with Gasteiger partial charge in [-0.15, -0.1) is 0 Å². The van der Waals surface area contributed by atoms with Crippen molar-refractivity contribution < 1.29 is 9.53 Å². The third-order valence-electron chi connectivity index (χ3n) is 8.24. The van der Waals surface area contributed by atoms with Crippen LogP contribution in [0.2, 0.25) is 5.02 Å². The van der Waals surface area contributed by atoms with E-state index in [-0.39, 0.29) is 12.0 Å². The predicted octanol–water partition coefficient (Wildman–Crippen LogP) is 7.65. The number of likely N-dealkylation sites (tertiary alicyclic amines) is 1. The molecule has 0 radical (unpaired) electrons. The maximum Gasteiger partial charge on any atom is 0.251 e. The third kappa shape index (κ3) is 9.86. The molecule has 0 aromatic heterocycles. The van der Waals surface area contributed by atoms with Crippen LogP contribution in [-0.2, 0) is 0 Å². The molecular formula is C36H48ClN3O2. The fourth-order valence-electron chi connectivity index (χ4n) is 5.69. The Morgan fingerprint density at radius 1 is 0.905 bits per heavy atom. The second-order valence-electron chi connectivity index (χ2n) is 11.4. The number of nitrogens with zero attached hydrogens (tertiary/aromatic N) is 2. The monoisotopic (exact) mass is 589 g/mol. The fourth-order valence-corrected chi connectivity index (χ4v) is 5.91. The highest BCUT2D eigenvalue weighted by Crippen LogP contribution is 2.30. The molecule has 0 atom stereocenters. The number of ether oxygens (including phenoxy) is 1. The van der Waals surface area contributed by atoms with Gasteiger partial charge in [0.1, 0.15) is 11.9 Å². The highest BCUT2D eigenvalue weighted by molar-refractivity contribution is 6.32. The standard InChI is InChI=1S/C36H48ClN3O2/c1-3-5-22-39(23-6-4-2)26-21-38-36(41)31-17-18-35(34(37)27-31)42-32-19-24-40(25-20-32)28-33(29-13-9-7-10-14-29)30-15-11-8-12-16-30/h7-18,27,32-33H,3-6,19-26,28H2,1-2H3,(H,38,41). The van der Waals surface area contributed by atoms with Crippen LogP contribution in [0, 0.1) is 0 Å². The van der Waals surface area contributed by atoms with Crippen molar-refractivity contribution in [2.45, 2.75) is 64.4 Å². The Morgan fingerprint density at radius 2 is 1.50 bits per heavy atom. The quantitative estimate of drug-likeness (QED) is 0.186. The second kappa shape index (κ2) is 17.3. The highest BCUT2D eigenvalue weighted by atomic mass is 35.5. The van der Waals surface area contributed by atoms with Gasteiger partial charge in [-0.2, -0.15) is 0 Å². The molecule has 42 heavy (non-hydrogen) atoms. The first-order valence-electron chi connectivity index (χ1n) is 15.9. The Labute approximate surface area is 258 Å². The zero-order valence-electron chi connectivity index (χ0n) is 25.4. The van der Waals surface area contributed by atoms with E-state index in [1.54, 1.807) is 6.07 Å². The van der Waals surface area contributed by atoms with Crippen molar-refractivity contribution >= 4 is 17.5 Å². The molecule has 0 spiro atoms. The van der Waals surface area contributed by atoms with Crippen molar-refractivity contribution in [3.05, 3.63) is 101 Å². The SMILES string of the molecule is CCCCN(CCCC)CCNC(=O)c1ccc(OC2CCN(CC(c3ccccc3)c3ccccc3)CC2)c(Cl)c1. The third-order valence-corrected chi connectivity index (χ3v) is 8.53. The van der Waals surface area contributed by atoms with Gasteiger partial charge in [0.15, 0.2) is 0 Å². The van der Waals surface area contributed by atoms with E-state index >= 15 is 0 Å². The van der Waals surface area contributed by atoms with Crippen LogP contribution in [0.1, 0.15) is 79.8 Å². The van der Waals surface area contributed by atoms with E-state index in [2.05, 4.69) is 89.6 Å². The summed E-state index contributed by atoms with van der Waals surface area (Å²) in [5.41, 5.74) is 3.27. The van der Waals surface area contributed by atoms with E-state index in [4.69, 9.17) is 16.3 Å². The number of amides is 1. The number of rotatable bonds is 16. The van der Waals surface area contributed by atoms with E-state index in [0.717, 1.165) is 52.1 Å². The Kier molecular flexibility index (Phi) is 13.2. The van der Waals surface area contributed by atoms with Crippen LogP contribution >= 0.6 is 11.6 Å². The molecule has 5 nitrogen and oxygen atoms in total. The van der Waals surface area contributed by atoms with Crippen molar-refractivity contribution in [1.29, 1.82) is 0 Å². The molecule has 0 aliphatic carbocycles. The number of unbranched alkanes of at least 4 members (excludes halogenated alkanes) is 2. The van der Waals surface area contributed by atoms with Gasteiger partial charge in [-0.25, -0.2) is 0 Å². The molecule has 226 valence electrons. The van der Waals surface area contributed by atoms with Gasteiger partial charge in [-0.1, -0.05) is 99.0 Å². The summed E-state index contributed by atoms with van der Waals surface area (Å²) in [6.07, 6.45) is 6.75. The lowest BCUT2D eigenvalue weighted by Gasteiger charge is -2.34. The van der Waals surface area contributed by atoms with E-state index in [9.17, 15) is 4.79 Å². The van der Waals surface area contributed by atoms with Crippen LogP contribution in [0.25, 0.3) is 0 Å². The number of piperidine rings is 1. The second-order valence-corrected chi connectivity index (χ2v) is 11.8. The summed E-state index contributed by atoms with van der Waals surface area (Å²) >= 11 is 6.60. The first kappa shape index (κ1) is 32.1. The molecule has 1 aliphatic heterocycles. The molecule has 1 N–H and O–H groups in total. The van der Waals surface area contributed by atoms with E-state index < -0.39 is 0 Å². The zero-order valence-corrected chi connectivity index (χ0v) is 26.2. The Morgan fingerprint density at radius 3 is 2.05 bits per heavy atom. The lowest BCUT2D eigenvalue weighted by molar-refractivity contribution is 0.0947. The normalized spacial score (nSPS) is 14.4. The molecule has 1 aliphatic rings. The molecule has 4 rings (SSSR count). The molecular weight excluding hydrogens is 542 g/mol. The summed E-state index contributed by atoms with van der Waals surface area (Å²) < 4.78 is 6.33. The molecule has 0 unspecified atom stereocenters. The van der Waals surface area contributed by atoms with Crippen molar-refractivity contribution in [2.24, 2.45) is 0 Å². The maximum atomic E-state index is 12.8. The number of hydrogen-bond acceptors (Lipinski definition) is 4. The average molecular weight is 590 g/mol. The maximum absolute atomic E-state index is 12.8. The van der Waals surface area contributed by atoms with Crippen LogP contribution in [0.4, 0.5) is 0 Å². The molecule has 1 amide bonds. The number of carbonyl (C=O) groups excluding carboxylic acids is 1. The molecule has 1 fully saturated rings. The zero-order chi connectivity index (χ0) is 29.6. The summed E-state index contributed by atoms with van der Waals surface area (Å²) in [4.78, 5) is 17.8. The summed E-state index contributed by atoms with van der Waals surface area (Å²) in [7, 11) is 0. The minimum absolute atomic E-state index is 0.0888. The van der Waals surface area contributed by atoms with E-state index in [0.29, 0.717) is 28.8 Å². The van der Waals surface area contributed by atoms with Crippen molar-refractivity contribution in [3.8, 4) is 5.75 Å². The fraction of sp³-hybridized carbons (Fsp3) is 0.472. The molecule has 1 heterocycles. The lowest BCUT2D eigenvalue weighted by atomic mass is 9.90. The number of nitrogens with one attached hydrogen (secondary N) is 1. The minimum atomic E-state index is -0.0888. The van der Waals surface area contributed by atoms with Crippen LogP contribution in [0.5, 0.6) is 5.75 Å². The molecule has 3 aromatic carbocycles. The van der Waals surface area contributed by atoms with Crippen LogP contribution in [0.15, 0.2) is 78.9 Å². The van der Waals surface area contributed by atoms with Crippen LogP contribution in [-0.4, -0.2) is 67.6 Å². The van der Waals surface area contributed by atoms with Crippen LogP contribution < -0.4 is 10.1 Å². The van der Waals surface area contributed by atoms with Gasteiger partial charge < -0.3 is 19.9 Å². The summed E-state index contributed by atoms with van der Waals surface area (Å²) in [5.74, 6) is 0.909. The highest BCUT2D eigenvalue weighted by Gasteiger charge is 2.25. The molecule has 6 heteroatoms. The van der Waals surface area contributed by atoms with Gasteiger partial charge in [0, 0.05) is 44.2 Å². The van der Waals surface area contributed by atoms with E-state index in [1.807, 2.05) is 12.1 Å². The topological polar surface area (TPSA) is 44.8 Å². The van der Waals surface area contributed by atoms with Gasteiger partial charge >= 0.3 is 0 Å². The largest absolute Gasteiger partial charge is 0.489 e. The van der Waals surface area contributed by atoms with Crippen molar-refractivity contribution in [1.82, 2.24) is 15.1 Å². The Hall–Kier alpha value is -2.86. The lowest BCUT2D eigenvalue weighted by Crippen LogP contribution is -2.40. The van der Waals surface area contributed by atoms with Gasteiger partial charge in [0.2, 0.25) is 0 Å². The molecule has 0 bridgehead atoms. The summed E-state index contributed by atoms with van der Waals surface area (Å²) in [6.45, 7) is 11.1. The summed E-state index contributed by atoms with van der Waals surface area (Å²) in [6, 6.07) is 27.0. The van der Waals surface area contributed by atoms with Crippen LogP contribution in [0.3, 0.4) is 0 Å². The van der Waals surface area contributed by atoms with E-state index in [1.165, 1.54) is 36.8 Å². The minimum Gasteiger partial charge on any atom is -0.489 e. The molecule has 0 saturated carbocycles. The molecule has 3 aromatic rings. The van der Waals surface area contributed by atoms with Gasteiger partial charge in [0.05, 0.1) is 5.02 Å². The number of carbonyl (C=O) groups is 1. The molecule has 1 saturated heterocycles. The van der Waals surface area contributed by atoms with Crippen molar-refractivity contribution in [3.63, 3.8) is 0 Å². The van der Waals surface area contributed by atoms with Gasteiger partial charge in [-0.3, -0.25) is 4.79 Å². The average Bonchev–Trinajstić information content (AvgIpc) is 3.03. The Bertz CT molecular complexity index is 1150. The first-order chi connectivity index (χ1) is 20.6. The van der Waals surface area contributed by atoms with Gasteiger partial charge in [0.25, 0.3) is 5.91 Å². The van der Waals surface area contributed by atoms with Gasteiger partial charge in [-0.05, 0) is 68.1 Å². The Balaban J connectivity index is 1.25. The van der Waals surface area contributed by atoms with Crippen molar-refractivity contribution in [2.75, 3.05) is 45.8 Å². The number of halogens is 1. The first-order valence-corrected chi connectivity index (χ1v) is 16.2.